The van der Waals surface area contributed by atoms with Crippen LogP contribution >= 0.6 is 11.8 Å². The summed E-state index contributed by atoms with van der Waals surface area (Å²) in [5.74, 6) is -1.03. The second kappa shape index (κ2) is 13.2. The monoisotopic (exact) mass is 573 g/mol. The summed E-state index contributed by atoms with van der Waals surface area (Å²) in [5.41, 5.74) is 2.11. The molecule has 0 radical (unpaired) electrons. The number of nitro groups is 2. The van der Waals surface area contributed by atoms with Gasteiger partial charge in [-0.15, -0.1) is 0 Å². The Balaban J connectivity index is 1.54. The van der Waals surface area contributed by atoms with Crippen LogP contribution in [0.25, 0.3) is 10.8 Å². The normalized spacial score (nSPS) is 11.7. The summed E-state index contributed by atoms with van der Waals surface area (Å²) in [4.78, 5) is 46.9. The largest absolute Gasteiger partial charge is 0.507 e. The van der Waals surface area contributed by atoms with Crippen molar-refractivity contribution in [1.29, 1.82) is 0 Å². The molecule has 3 N–H and O–H groups in total. The molecule has 208 valence electrons. The Morgan fingerprint density at radius 2 is 1.59 bits per heavy atom. The fraction of sp³-hybridized carbons (Fsp3) is 0.107. The second-order valence-corrected chi connectivity index (χ2v) is 9.76. The first-order valence-corrected chi connectivity index (χ1v) is 13.3. The van der Waals surface area contributed by atoms with Crippen LogP contribution in [0.1, 0.15) is 21.5 Å². The van der Waals surface area contributed by atoms with Crippen LogP contribution in [0.4, 0.5) is 11.4 Å². The second-order valence-electron chi connectivity index (χ2n) is 8.73. The zero-order chi connectivity index (χ0) is 29.4. The molecule has 0 heterocycles. The number of fused-ring (bicyclic) bond motifs is 1. The summed E-state index contributed by atoms with van der Waals surface area (Å²) in [5, 5.41) is 40.8. The number of hydrogen-bond acceptors (Lipinski definition) is 9. The van der Waals surface area contributed by atoms with Crippen molar-refractivity contribution >= 4 is 51.9 Å². The van der Waals surface area contributed by atoms with Gasteiger partial charge in [-0.2, -0.15) is 16.9 Å². The minimum absolute atomic E-state index is 0.0442. The van der Waals surface area contributed by atoms with Crippen molar-refractivity contribution in [2.24, 2.45) is 5.10 Å². The predicted molar refractivity (Wildman–Crippen MR) is 155 cm³/mol. The smallest absolute Gasteiger partial charge is 0.277 e. The van der Waals surface area contributed by atoms with E-state index in [0.717, 1.165) is 29.1 Å². The van der Waals surface area contributed by atoms with E-state index in [1.54, 1.807) is 18.2 Å². The van der Waals surface area contributed by atoms with Gasteiger partial charge in [0.05, 0.1) is 27.7 Å². The van der Waals surface area contributed by atoms with Crippen LogP contribution in [0.3, 0.4) is 0 Å². The first-order valence-electron chi connectivity index (χ1n) is 12.1. The number of rotatable bonds is 11. The lowest BCUT2D eigenvalue weighted by molar-refractivity contribution is -0.394. The topological polar surface area (TPSA) is 177 Å². The molecular formula is C28H23N5O7S. The highest BCUT2D eigenvalue weighted by Gasteiger charge is 2.25. The Hall–Kier alpha value is -5.30. The first-order chi connectivity index (χ1) is 19.7. The molecule has 0 aliphatic rings. The summed E-state index contributed by atoms with van der Waals surface area (Å²) in [7, 11) is 0. The van der Waals surface area contributed by atoms with Crippen LogP contribution in [-0.4, -0.2) is 44.8 Å². The SMILES string of the molecule is O=C(NC(CSCc1ccccc1)C(=O)N/N=C/c1c(O)ccc2ccccc12)c1cc([N+](=O)[O-])cc([N+](=O)[O-])c1. The average Bonchev–Trinajstić information content (AvgIpc) is 2.97. The number of benzene rings is 4. The number of nitrogens with one attached hydrogen (secondary N) is 2. The van der Waals surface area contributed by atoms with Crippen LogP contribution in [0.5, 0.6) is 5.75 Å². The number of hydrazone groups is 1. The number of nitro benzene ring substituents is 2. The van der Waals surface area contributed by atoms with Crippen LogP contribution in [-0.2, 0) is 10.5 Å². The molecule has 12 nitrogen and oxygen atoms in total. The summed E-state index contributed by atoms with van der Waals surface area (Å²) in [6, 6.07) is 21.3. The standard InChI is InChI=1S/C28H23N5O7S/c34-26-11-10-19-8-4-5-9-23(19)24(26)15-29-31-28(36)25(17-41-16-18-6-2-1-3-7-18)30-27(35)20-12-21(32(37)38)14-22(13-20)33(39)40/h1-15,25,34H,16-17H2,(H,30,35)(H,31,36)/b29-15+. The zero-order valence-electron chi connectivity index (χ0n) is 21.3. The maximum absolute atomic E-state index is 13.1. The molecular weight excluding hydrogens is 550 g/mol. The summed E-state index contributed by atoms with van der Waals surface area (Å²) < 4.78 is 0. The molecule has 0 spiro atoms. The Morgan fingerprint density at radius 3 is 2.27 bits per heavy atom. The molecule has 2 amide bonds. The molecule has 4 aromatic carbocycles. The fourth-order valence-electron chi connectivity index (χ4n) is 3.89. The molecule has 4 rings (SSSR count). The zero-order valence-corrected chi connectivity index (χ0v) is 22.1. The van der Waals surface area contributed by atoms with Crippen molar-refractivity contribution in [1.82, 2.24) is 10.7 Å². The van der Waals surface area contributed by atoms with E-state index in [1.807, 2.05) is 42.5 Å². The number of hydrogen-bond donors (Lipinski definition) is 3. The summed E-state index contributed by atoms with van der Waals surface area (Å²) in [6.45, 7) is 0. The number of thioether (sulfide) groups is 1. The van der Waals surface area contributed by atoms with Gasteiger partial charge < -0.3 is 10.4 Å². The third-order valence-electron chi connectivity index (χ3n) is 5.92. The minimum atomic E-state index is -1.16. The quantitative estimate of drug-likeness (QED) is 0.133. The molecule has 41 heavy (non-hydrogen) atoms. The van der Waals surface area contributed by atoms with Crippen LogP contribution in [0.2, 0.25) is 0 Å². The maximum atomic E-state index is 13.1. The number of phenolic OH excluding ortho intramolecular Hbond substituents is 1. The third-order valence-corrected chi connectivity index (χ3v) is 7.03. The number of phenols is 1. The highest BCUT2D eigenvalue weighted by atomic mass is 32.2. The van der Waals surface area contributed by atoms with E-state index in [9.17, 15) is 34.9 Å². The van der Waals surface area contributed by atoms with Crippen LogP contribution in [0, 0.1) is 20.2 Å². The lowest BCUT2D eigenvalue weighted by atomic mass is 10.0. The molecule has 0 saturated heterocycles. The summed E-state index contributed by atoms with van der Waals surface area (Å²) in [6.07, 6.45) is 1.29. The Kier molecular flexibility index (Phi) is 9.22. The van der Waals surface area contributed by atoms with Gasteiger partial charge in [0.25, 0.3) is 23.2 Å². The third kappa shape index (κ3) is 7.42. The van der Waals surface area contributed by atoms with Crippen molar-refractivity contribution in [3.63, 3.8) is 0 Å². The van der Waals surface area contributed by atoms with Crippen LogP contribution < -0.4 is 10.7 Å². The van der Waals surface area contributed by atoms with Gasteiger partial charge in [0.2, 0.25) is 0 Å². The van der Waals surface area contributed by atoms with E-state index in [0.29, 0.717) is 16.7 Å². The van der Waals surface area contributed by atoms with E-state index >= 15 is 0 Å². The Bertz CT molecular complexity index is 1610. The van der Waals surface area contributed by atoms with Gasteiger partial charge in [-0.3, -0.25) is 29.8 Å². The van der Waals surface area contributed by atoms with E-state index in [2.05, 4.69) is 15.8 Å². The van der Waals surface area contributed by atoms with E-state index < -0.39 is 39.1 Å². The molecule has 0 aromatic heterocycles. The van der Waals surface area contributed by atoms with Crippen molar-refractivity contribution in [2.45, 2.75) is 11.8 Å². The fourth-order valence-corrected chi connectivity index (χ4v) is 4.90. The van der Waals surface area contributed by atoms with Gasteiger partial charge >= 0.3 is 0 Å². The Morgan fingerprint density at radius 1 is 0.927 bits per heavy atom. The predicted octanol–water partition coefficient (Wildman–Crippen LogP) is 4.54. The van der Waals surface area contributed by atoms with Gasteiger partial charge in [-0.1, -0.05) is 60.7 Å². The van der Waals surface area contributed by atoms with Gasteiger partial charge in [0.15, 0.2) is 0 Å². The summed E-state index contributed by atoms with van der Waals surface area (Å²) >= 11 is 1.35. The maximum Gasteiger partial charge on any atom is 0.277 e. The first kappa shape index (κ1) is 28.7. The highest BCUT2D eigenvalue weighted by Crippen LogP contribution is 2.26. The number of aromatic hydroxyl groups is 1. The molecule has 1 atom stereocenters. The van der Waals surface area contributed by atoms with Crippen molar-refractivity contribution < 1.29 is 24.5 Å². The van der Waals surface area contributed by atoms with Crippen molar-refractivity contribution in [2.75, 3.05) is 5.75 Å². The number of non-ortho nitro benzene ring substituents is 2. The molecule has 4 aromatic rings. The average molecular weight is 574 g/mol. The molecule has 0 bridgehead atoms. The molecule has 13 heteroatoms. The molecule has 0 saturated carbocycles. The molecule has 0 aliphatic carbocycles. The van der Waals surface area contributed by atoms with E-state index in [-0.39, 0.29) is 17.1 Å². The van der Waals surface area contributed by atoms with Gasteiger partial charge in [-0.05, 0) is 22.4 Å². The van der Waals surface area contributed by atoms with Crippen molar-refractivity contribution in [3.8, 4) is 5.75 Å². The molecule has 0 aliphatic heterocycles. The van der Waals surface area contributed by atoms with Gasteiger partial charge in [0, 0.05) is 29.2 Å². The van der Waals surface area contributed by atoms with E-state index in [4.69, 9.17) is 0 Å². The van der Waals surface area contributed by atoms with Gasteiger partial charge in [0.1, 0.15) is 11.8 Å². The number of carbonyl (C=O) groups excluding carboxylic acids is 2. The lowest BCUT2D eigenvalue weighted by Crippen LogP contribution is -2.47. The molecule has 0 fully saturated rings. The highest BCUT2D eigenvalue weighted by molar-refractivity contribution is 7.98. The number of amides is 2. The lowest BCUT2D eigenvalue weighted by Gasteiger charge is -2.17. The van der Waals surface area contributed by atoms with Crippen molar-refractivity contribution in [3.05, 3.63) is 122 Å². The number of nitrogens with zero attached hydrogens (tertiary/aromatic N) is 3. The Labute approximate surface area is 237 Å². The van der Waals surface area contributed by atoms with Crippen LogP contribution in [0.15, 0.2) is 90.0 Å². The van der Waals surface area contributed by atoms with Gasteiger partial charge in [-0.25, -0.2) is 5.43 Å². The number of carbonyl (C=O) groups is 2. The minimum Gasteiger partial charge on any atom is -0.507 e. The van der Waals surface area contributed by atoms with E-state index in [1.165, 1.54) is 24.0 Å². The molecule has 1 unspecified atom stereocenters.